The van der Waals surface area contributed by atoms with Crippen LogP contribution in [0.2, 0.25) is 0 Å². The van der Waals surface area contributed by atoms with E-state index in [9.17, 15) is 20.0 Å². The van der Waals surface area contributed by atoms with E-state index in [0.29, 0.717) is 15.8 Å². The second kappa shape index (κ2) is 6.20. The van der Waals surface area contributed by atoms with E-state index in [-0.39, 0.29) is 5.56 Å². The summed E-state index contributed by atoms with van der Waals surface area (Å²) in [5.74, 6) is -0.678. The Morgan fingerprint density at radius 2 is 2.21 bits per heavy atom. The Kier molecular flexibility index (Phi) is 4.09. The molecule has 9 heteroatoms. The van der Waals surface area contributed by atoms with E-state index in [1.54, 1.807) is 6.07 Å². The van der Waals surface area contributed by atoms with Crippen molar-refractivity contribution in [2.45, 2.75) is 13.3 Å². The Bertz CT molecular complexity index is 1020. The van der Waals surface area contributed by atoms with E-state index in [1.165, 1.54) is 29.9 Å². The Morgan fingerprint density at radius 3 is 2.92 bits per heavy atom. The molecule has 0 aliphatic carbocycles. The van der Waals surface area contributed by atoms with Crippen molar-refractivity contribution in [1.29, 1.82) is 0 Å². The highest BCUT2D eigenvalue weighted by Gasteiger charge is 2.09. The third kappa shape index (κ3) is 2.88. The summed E-state index contributed by atoms with van der Waals surface area (Å²) >= 11 is 1.46. The van der Waals surface area contributed by atoms with E-state index < -0.39 is 16.4 Å². The van der Waals surface area contributed by atoms with Gasteiger partial charge in [-0.2, -0.15) is 9.78 Å². The standard InChI is InChI=1S/C15H12N4O4S/c1-2-10-6-11-14(24-10)16-8-18(15(11)21)17-7-9-3-4-13(20)12(5-9)19(22)23/h3-8,20H,2H2,1H3/p-1/b17-7-. The van der Waals surface area contributed by atoms with E-state index in [2.05, 4.69) is 10.1 Å². The minimum atomic E-state index is -0.753. The van der Waals surface area contributed by atoms with Crippen molar-refractivity contribution in [1.82, 2.24) is 9.66 Å². The van der Waals surface area contributed by atoms with Crippen LogP contribution in [0.5, 0.6) is 5.75 Å². The van der Waals surface area contributed by atoms with Crippen LogP contribution in [-0.2, 0) is 6.42 Å². The van der Waals surface area contributed by atoms with E-state index in [0.717, 1.165) is 28.1 Å². The first-order chi connectivity index (χ1) is 11.5. The Balaban J connectivity index is 1.99. The number of fused-ring (bicyclic) bond motifs is 1. The number of hydrogen-bond donors (Lipinski definition) is 0. The monoisotopic (exact) mass is 343 g/mol. The summed E-state index contributed by atoms with van der Waals surface area (Å²) in [7, 11) is 0. The van der Waals surface area contributed by atoms with Crippen LogP contribution in [0.25, 0.3) is 10.2 Å². The van der Waals surface area contributed by atoms with Gasteiger partial charge in [0.25, 0.3) is 11.2 Å². The fraction of sp³-hybridized carbons (Fsp3) is 0.133. The van der Waals surface area contributed by atoms with Crippen LogP contribution in [0.3, 0.4) is 0 Å². The predicted octanol–water partition coefficient (Wildman–Crippen LogP) is 1.88. The van der Waals surface area contributed by atoms with Crippen molar-refractivity contribution in [2.24, 2.45) is 5.10 Å². The van der Waals surface area contributed by atoms with Crippen molar-refractivity contribution >= 4 is 33.5 Å². The molecule has 0 saturated heterocycles. The number of rotatable bonds is 4. The molecule has 0 radical (unpaired) electrons. The first-order valence-corrected chi connectivity index (χ1v) is 7.81. The van der Waals surface area contributed by atoms with Crippen molar-refractivity contribution < 1.29 is 10.0 Å². The van der Waals surface area contributed by atoms with Crippen molar-refractivity contribution in [2.75, 3.05) is 0 Å². The molecule has 0 unspecified atom stereocenters. The lowest BCUT2D eigenvalue weighted by Crippen LogP contribution is -2.16. The second-order valence-corrected chi connectivity index (χ2v) is 6.02. The lowest BCUT2D eigenvalue weighted by atomic mass is 10.2. The maximum atomic E-state index is 12.4. The average Bonchev–Trinajstić information content (AvgIpc) is 2.99. The first kappa shape index (κ1) is 15.8. The molecule has 3 aromatic rings. The van der Waals surface area contributed by atoms with Gasteiger partial charge in [-0.1, -0.05) is 19.1 Å². The minimum Gasteiger partial charge on any atom is -0.868 e. The third-order valence-electron chi connectivity index (χ3n) is 3.35. The van der Waals surface area contributed by atoms with E-state index >= 15 is 0 Å². The first-order valence-electron chi connectivity index (χ1n) is 6.99. The molecule has 0 saturated carbocycles. The van der Waals surface area contributed by atoms with Crippen LogP contribution in [0.1, 0.15) is 17.4 Å². The number of nitrogens with zero attached hydrogens (tertiary/aromatic N) is 4. The zero-order valence-electron chi connectivity index (χ0n) is 12.5. The van der Waals surface area contributed by atoms with E-state index in [4.69, 9.17) is 0 Å². The number of benzene rings is 1. The molecule has 0 atom stereocenters. The van der Waals surface area contributed by atoms with Crippen molar-refractivity contribution in [3.63, 3.8) is 0 Å². The molecule has 3 rings (SSSR count). The van der Waals surface area contributed by atoms with Crippen molar-refractivity contribution in [3.05, 3.63) is 61.5 Å². The summed E-state index contributed by atoms with van der Waals surface area (Å²) < 4.78 is 1.06. The SMILES string of the molecule is CCc1cc2c(=O)n(/N=C\c3ccc([O-])c([N+](=O)[O-])c3)cnc2s1. The highest BCUT2D eigenvalue weighted by Crippen LogP contribution is 2.23. The smallest absolute Gasteiger partial charge is 0.282 e. The summed E-state index contributed by atoms with van der Waals surface area (Å²) in [5.41, 5.74) is -0.514. The highest BCUT2D eigenvalue weighted by atomic mass is 32.1. The molecule has 2 aromatic heterocycles. The molecule has 1 aromatic carbocycles. The van der Waals surface area contributed by atoms with Gasteiger partial charge in [-0.3, -0.25) is 14.9 Å². The third-order valence-corrected chi connectivity index (χ3v) is 4.53. The minimum absolute atomic E-state index is 0.317. The van der Waals surface area contributed by atoms with Gasteiger partial charge in [0.05, 0.1) is 16.5 Å². The lowest BCUT2D eigenvalue weighted by molar-refractivity contribution is -0.398. The fourth-order valence-electron chi connectivity index (χ4n) is 2.11. The van der Waals surface area contributed by atoms with Gasteiger partial charge in [0.1, 0.15) is 11.2 Å². The molecule has 0 N–H and O–H groups in total. The second-order valence-electron chi connectivity index (χ2n) is 4.91. The zero-order valence-corrected chi connectivity index (χ0v) is 13.3. The molecule has 0 amide bonds. The zero-order chi connectivity index (χ0) is 17.3. The van der Waals surface area contributed by atoms with Gasteiger partial charge < -0.3 is 5.11 Å². The Labute approximate surface area is 139 Å². The number of nitro groups is 1. The Morgan fingerprint density at radius 1 is 1.42 bits per heavy atom. The van der Waals surface area contributed by atoms with Crippen LogP contribution < -0.4 is 10.7 Å². The van der Waals surface area contributed by atoms with Gasteiger partial charge in [0.2, 0.25) is 0 Å². The summed E-state index contributed by atoms with van der Waals surface area (Å²) in [5, 5.41) is 26.6. The molecular formula is C15H11N4O4S-. The summed E-state index contributed by atoms with van der Waals surface area (Å²) in [4.78, 5) is 28.3. The number of hydrogen-bond acceptors (Lipinski definition) is 7. The van der Waals surface area contributed by atoms with Crippen LogP contribution >= 0.6 is 11.3 Å². The molecular weight excluding hydrogens is 332 g/mol. The maximum absolute atomic E-state index is 12.4. The molecule has 122 valence electrons. The molecule has 0 fully saturated rings. The lowest BCUT2D eigenvalue weighted by Gasteiger charge is -2.05. The van der Waals surface area contributed by atoms with Crippen LogP contribution in [0, 0.1) is 10.1 Å². The van der Waals surface area contributed by atoms with Crippen molar-refractivity contribution in [3.8, 4) is 5.75 Å². The molecule has 2 heterocycles. The number of thiophene rings is 1. The number of aryl methyl sites for hydroxylation is 1. The number of nitro benzene ring substituents is 1. The predicted molar refractivity (Wildman–Crippen MR) is 88.8 cm³/mol. The molecule has 0 spiro atoms. The summed E-state index contributed by atoms with van der Waals surface area (Å²) in [6, 6.07) is 5.40. The maximum Gasteiger partial charge on any atom is 0.282 e. The highest BCUT2D eigenvalue weighted by molar-refractivity contribution is 7.18. The molecule has 0 aliphatic rings. The number of aromatic nitrogens is 2. The van der Waals surface area contributed by atoms with Gasteiger partial charge in [0.15, 0.2) is 0 Å². The summed E-state index contributed by atoms with van der Waals surface area (Å²) in [6.45, 7) is 1.99. The topological polar surface area (TPSA) is 113 Å². The molecule has 8 nitrogen and oxygen atoms in total. The summed E-state index contributed by atoms with van der Waals surface area (Å²) in [6.07, 6.45) is 3.39. The van der Waals surface area contributed by atoms with E-state index in [1.807, 2.05) is 6.92 Å². The van der Waals surface area contributed by atoms with Gasteiger partial charge in [-0.25, -0.2) is 4.98 Å². The van der Waals surface area contributed by atoms with Gasteiger partial charge in [-0.15, -0.1) is 11.3 Å². The quantitative estimate of drug-likeness (QED) is 0.408. The van der Waals surface area contributed by atoms with Crippen LogP contribution in [0.4, 0.5) is 5.69 Å². The van der Waals surface area contributed by atoms with Gasteiger partial charge in [0, 0.05) is 16.5 Å². The van der Waals surface area contributed by atoms with Crippen LogP contribution in [0.15, 0.2) is 40.5 Å². The Hall–Kier alpha value is -3.07. The molecule has 0 aliphatic heterocycles. The van der Waals surface area contributed by atoms with Gasteiger partial charge >= 0.3 is 0 Å². The largest absolute Gasteiger partial charge is 0.868 e. The molecule has 0 bridgehead atoms. The van der Waals surface area contributed by atoms with Gasteiger partial charge in [-0.05, 0) is 18.2 Å². The normalized spacial score (nSPS) is 11.4. The fourth-order valence-corrected chi connectivity index (χ4v) is 3.03. The molecule has 24 heavy (non-hydrogen) atoms. The average molecular weight is 343 g/mol. The van der Waals surface area contributed by atoms with Crippen LogP contribution in [-0.4, -0.2) is 20.8 Å².